The highest BCUT2D eigenvalue weighted by Gasteiger charge is 2.45. The van der Waals surface area contributed by atoms with Gasteiger partial charge in [0.05, 0.1) is 30.0 Å². The lowest BCUT2D eigenvalue weighted by Gasteiger charge is -2.25. The molecule has 1 aliphatic heterocycles. The predicted molar refractivity (Wildman–Crippen MR) is 110 cm³/mol. The quantitative estimate of drug-likeness (QED) is 0.688. The van der Waals surface area contributed by atoms with Crippen LogP contribution in [0.25, 0.3) is 10.2 Å². The number of carbonyl (C=O) groups excluding carboxylic acids is 2. The van der Waals surface area contributed by atoms with Gasteiger partial charge in [0.1, 0.15) is 17.5 Å². The third kappa shape index (κ3) is 3.01. The number of aliphatic hydroxyl groups excluding tert-OH is 1. The summed E-state index contributed by atoms with van der Waals surface area (Å²) in [7, 11) is 3.03. The molecule has 0 aliphatic carbocycles. The number of ketones is 1. The zero-order valence-electron chi connectivity index (χ0n) is 16.0. The minimum atomic E-state index is -0.860. The fraction of sp³-hybridized carbons (Fsp3) is 0.190. The molecule has 1 atom stereocenters. The summed E-state index contributed by atoms with van der Waals surface area (Å²) >= 11 is 1.31. The predicted octanol–water partition coefficient (Wildman–Crippen LogP) is 3.80. The third-order valence-electron chi connectivity index (χ3n) is 4.81. The molecule has 0 saturated carbocycles. The van der Waals surface area contributed by atoms with Crippen LogP contribution in [-0.4, -0.2) is 36.0 Å². The van der Waals surface area contributed by atoms with E-state index in [1.165, 1.54) is 37.4 Å². The molecular weight excluding hydrogens is 392 g/mol. The van der Waals surface area contributed by atoms with Crippen molar-refractivity contribution in [2.45, 2.75) is 13.0 Å². The van der Waals surface area contributed by atoms with Gasteiger partial charge in [-0.05, 0) is 31.2 Å². The van der Waals surface area contributed by atoms with E-state index in [1.54, 1.807) is 18.2 Å². The summed E-state index contributed by atoms with van der Waals surface area (Å²) in [5, 5.41) is 10.9. The van der Waals surface area contributed by atoms with Crippen LogP contribution in [0.3, 0.4) is 0 Å². The fourth-order valence-electron chi connectivity index (χ4n) is 3.46. The van der Waals surface area contributed by atoms with Crippen LogP contribution in [0.1, 0.15) is 18.5 Å². The van der Waals surface area contributed by atoms with Crippen LogP contribution in [0.15, 0.2) is 53.8 Å². The number of hydrogen-bond acceptors (Lipinski definition) is 7. The van der Waals surface area contributed by atoms with E-state index in [9.17, 15) is 14.7 Å². The first-order valence-corrected chi connectivity index (χ1v) is 9.63. The third-order valence-corrected chi connectivity index (χ3v) is 5.85. The van der Waals surface area contributed by atoms with E-state index in [4.69, 9.17) is 9.47 Å². The van der Waals surface area contributed by atoms with E-state index in [-0.39, 0.29) is 5.57 Å². The smallest absolute Gasteiger partial charge is 0.296 e. The van der Waals surface area contributed by atoms with E-state index in [2.05, 4.69) is 4.98 Å². The van der Waals surface area contributed by atoms with E-state index >= 15 is 0 Å². The number of hydrogen-bond donors (Lipinski definition) is 1. The Hall–Kier alpha value is -3.39. The molecule has 7 nitrogen and oxygen atoms in total. The summed E-state index contributed by atoms with van der Waals surface area (Å²) in [6.07, 6.45) is 0. The van der Waals surface area contributed by atoms with Crippen molar-refractivity contribution in [3.8, 4) is 11.5 Å². The number of Topliss-reactive ketones (excluding diaryl/α,β-unsaturated/α-hetero) is 1. The second-order valence-electron chi connectivity index (χ2n) is 6.47. The molecule has 2 heterocycles. The van der Waals surface area contributed by atoms with Gasteiger partial charge in [-0.15, -0.1) is 0 Å². The van der Waals surface area contributed by atoms with Crippen molar-refractivity contribution >= 4 is 38.4 Å². The van der Waals surface area contributed by atoms with Crippen LogP contribution in [0.2, 0.25) is 0 Å². The molecule has 4 rings (SSSR count). The maximum atomic E-state index is 13.0. The van der Waals surface area contributed by atoms with Crippen LogP contribution in [0, 0.1) is 0 Å². The van der Waals surface area contributed by atoms with Gasteiger partial charge in [-0.25, -0.2) is 4.98 Å². The number of thiazole rings is 1. The molecule has 148 valence electrons. The maximum Gasteiger partial charge on any atom is 0.296 e. The molecular formula is C21H18N2O5S. The number of amides is 1. The van der Waals surface area contributed by atoms with Crippen LogP contribution < -0.4 is 14.4 Å². The van der Waals surface area contributed by atoms with Crippen LogP contribution in [-0.2, 0) is 9.59 Å². The summed E-state index contributed by atoms with van der Waals surface area (Å²) in [4.78, 5) is 31.2. The highest BCUT2D eigenvalue weighted by molar-refractivity contribution is 7.22. The topological polar surface area (TPSA) is 89.0 Å². The molecule has 3 aromatic rings. The highest BCUT2D eigenvalue weighted by atomic mass is 32.1. The second kappa shape index (κ2) is 7.21. The Balaban J connectivity index is 1.93. The minimum absolute atomic E-state index is 0.0118. The molecule has 29 heavy (non-hydrogen) atoms. The van der Waals surface area contributed by atoms with Gasteiger partial charge < -0.3 is 14.6 Å². The van der Waals surface area contributed by atoms with Crippen molar-refractivity contribution in [3.05, 3.63) is 59.4 Å². The molecule has 2 aromatic carbocycles. The molecule has 0 radical (unpaired) electrons. The first kappa shape index (κ1) is 18.9. The summed E-state index contributed by atoms with van der Waals surface area (Å²) in [6, 6.07) is 11.7. The number of carbonyl (C=O) groups is 2. The lowest BCUT2D eigenvalue weighted by Crippen LogP contribution is -2.31. The highest BCUT2D eigenvalue weighted by Crippen LogP contribution is 2.46. The van der Waals surface area contributed by atoms with Crippen LogP contribution in [0.5, 0.6) is 11.5 Å². The monoisotopic (exact) mass is 410 g/mol. The molecule has 0 saturated heterocycles. The van der Waals surface area contributed by atoms with Crippen LogP contribution >= 0.6 is 11.3 Å². The number of ether oxygens (including phenoxy) is 2. The Bertz CT molecular complexity index is 1130. The lowest BCUT2D eigenvalue weighted by atomic mass is 9.96. The average Bonchev–Trinajstić information content (AvgIpc) is 3.26. The van der Waals surface area contributed by atoms with Crippen LogP contribution in [0.4, 0.5) is 5.13 Å². The second-order valence-corrected chi connectivity index (χ2v) is 7.48. The molecule has 1 amide bonds. The lowest BCUT2D eigenvalue weighted by molar-refractivity contribution is -0.117. The molecule has 0 unspecified atom stereocenters. The number of aliphatic hydroxyl groups is 1. The van der Waals surface area contributed by atoms with Gasteiger partial charge in [0.25, 0.3) is 5.91 Å². The summed E-state index contributed by atoms with van der Waals surface area (Å²) in [6.45, 7) is 1.32. The van der Waals surface area contributed by atoms with Gasteiger partial charge in [-0.2, -0.15) is 0 Å². The zero-order valence-corrected chi connectivity index (χ0v) is 16.8. The minimum Gasteiger partial charge on any atom is -0.503 e. The van der Waals surface area contributed by atoms with E-state index in [0.717, 1.165) is 10.2 Å². The maximum absolute atomic E-state index is 13.0. The number of methoxy groups -OCH3 is 2. The van der Waals surface area contributed by atoms with Gasteiger partial charge in [0.15, 0.2) is 16.7 Å². The van der Waals surface area contributed by atoms with Crippen molar-refractivity contribution in [2.24, 2.45) is 0 Å². The standard InChI is InChI=1S/C21H18N2O5S/c1-11(24)17-18(13-9-8-12(27-2)10-15(13)28-3)23(20(26)19(17)25)21-22-14-6-4-5-7-16(14)29-21/h4-10,18,25H,1-3H3/t18-/m0/s1. The van der Waals surface area contributed by atoms with Gasteiger partial charge in [-0.3, -0.25) is 14.5 Å². The summed E-state index contributed by atoms with van der Waals surface area (Å²) in [5.41, 5.74) is 1.30. The summed E-state index contributed by atoms with van der Waals surface area (Å²) in [5.74, 6) is -0.639. The number of aromatic nitrogens is 1. The number of nitrogens with zero attached hydrogens (tertiary/aromatic N) is 2. The van der Waals surface area contributed by atoms with Gasteiger partial charge in [-0.1, -0.05) is 23.5 Å². The number of rotatable bonds is 5. The first-order chi connectivity index (χ1) is 14.0. The average molecular weight is 410 g/mol. The van der Waals surface area contributed by atoms with Crippen molar-refractivity contribution in [2.75, 3.05) is 19.1 Å². The van der Waals surface area contributed by atoms with E-state index in [0.29, 0.717) is 22.2 Å². The molecule has 0 bridgehead atoms. The molecule has 1 N–H and O–H groups in total. The number of para-hydroxylation sites is 1. The first-order valence-electron chi connectivity index (χ1n) is 8.81. The Kier molecular flexibility index (Phi) is 4.71. The number of benzene rings is 2. The van der Waals surface area contributed by atoms with E-state index in [1.807, 2.05) is 24.3 Å². The number of fused-ring (bicyclic) bond motifs is 1. The number of anilines is 1. The zero-order chi connectivity index (χ0) is 20.7. The largest absolute Gasteiger partial charge is 0.503 e. The van der Waals surface area contributed by atoms with Gasteiger partial charge in [0, 0.05) is 11.6 Å². The van der Waals surface area contributed by atoms with Crippen molar-refractivity contribution in [1.82, 2.24) is 4.98 Å². The normalized spacial score (nSPS) is 16.6. The molecule has 0 fully saturated rings. The van der Waals surface area contributed by atoms with Crippen molar-refractivity contribution in [1.29, 1.82) is 0 Å². The molecule has 1 aromatic heterocycles. The molecule has 8 heteroatoms. The van der Waals surface area contributed by atoms with Crippen molar-refractivity contribution < 1.29 is 24.2 Å². The summed E-state index contributed by atoms with van der Waals surface area (Å²) < 4.78 is 11.6. The Morgan fingerprint density at radius 2 is 1.93 bits per heavy atom. The molecule has 0 spiro atoms. The van der Waals surface area contributed by atoms with Gasteiger partial charge >= 0.3 is 0 Å². The van der Waals surface area contributed by atoms with Gasteiger partial charge in [0.2, 0.25) is 0 Å². The van der Waals surface area contributed by atoms with E-state index < -0.39 is 23.5 Å². The SMILES string of the molecule is COc1ccc([C@H]2C(C(C)=O)=C(O)C(=O)N2c2nc3ccccc3s2)c(OC)c1. The Labute approximate surface area is 170 Å². The molecule has 1 aliphatic rings. The fourth-order valence-corrected chi connectivity index (χ4v) is 4.46. The Morgan fingerprint density at radius 1 is 1.17 bits per heavy atom. The van der Waals surface area contributed by atoms with Crippen molar-refractivity contribution in [3.63, 3.8) is 0 Å². The Morgan fingerprint density at radius 3 is 2.59 bits per heavy atom.